The number of likely N-dealkylation sites (N-methyl/N-ethyl adjacent to an activating group) is 1. The second-order valence-corrected chi connectivity index (χ2v) is 5.19. The van der Waals surface area contributed by atoms with Crippen LogP contribution in [-0.4, -0.2) is 53.1 Å². The van der Waals surface area contributed by atoms with E-state index in [9.17, 15) is 14.4 Å². The van der Waals surface area contributed by atoms with Gasteiger partial charge in [0.05, 0.1) is 11.3 Å². The zero-order valence-corrected chi connectivity index (χ0v) is 11.2. The highest BCUT2D eigenvalue weighted by atomic mass is 32.2. The van der Waals surface area contributed by atoms with Crippen molar-refractivity contribution in [2.75, 3.05) is 19.3 Å². The molecule has 0 spiro atoms. The Morgan fingerprint density at radius 3 is 2.65 bits per heavy atom. The van der Waals surface area contributed by atoms with E-state index in [2.05, 4.69) is 5.32 Å². The van der Waals surface area contributed by atoms with Gasteiger partial charge in [0.15, 0.2) is 0 Å². The van der Waals surface area contributed by atoms with Gasteiger partial charge >= 0.3 is 0 Å². The molecule has 1 fully saturated rings. The predicted molar refractivity (Wildman–Crippen MR) is 66.8 cm³/mol. The lowest BCUT2D eigenvalue weighted by molar-refractivity contribution is -0.138. The summed E-state index contributed by atoms with van der Waals surface area (Å²) in [7, 11) is 1.71. The number of Topliss-reactive ketones (excluding diaryl/α,β-unsaturated/α-hetero) is 1. The highest BCUT2D eigenvalue weighted by Gasteiger charge is 2.38. The van der Waals surface area contributed by atoms with Crippen molar-refractivity contribution in [3.63, 3.8) is 0 Å². The average Bonchev–Trinajstić information content (AvgIpc) is 2.54. The van der Waals surface area contributed by atoms with Crippen LogP contribution in [0.25, 0.3) is 0 Å². The summed E-state index contributed by atoms with van der Waals surface area (Å²) in [6.07, 6.45) is 0.256. The van der Waals surface area contributed by atoms with Crippen LogP contribution in [0.3, 0.4) is 0 Å². The van der Waals surface area contributed by atoms with Crippen molar-refractivity contribution >= 4 is 29.4 Å². The van der Waals surface area contributed by atoms with E-state index in [0.29, 0.717) is 12.3 Å². The van der Waals surface area contributed by atoms with E-state index in [1.54, 1.807) is 14.0 Å². The minimum absolute atomic E-state index is 0.0455. The van der Waals surface area contributed by atoms with Crippen LogP contribution in [0.1, 0.15) is 20.3 Å². The molecule has 0 saturated carbocycles. The molecule has 0 aromatic rings. The fraction of sp³-hybridized carbons (Fsp3) is 0.727. The molecule has 2 amide bonds. The second-order valence-electron chi connectivity index (χ2n) is 3.95. The number of likely N-dealkylation sites (tertiary alicyclic amines) is 1. The van der Waals surface area contributed by atoms with Crippen LogP contribution in [0.5, 0.6) is 0 Å². The molecule has 5 nitrogen and oxygen atoms in total. The minimum atomic E-state index is -0.322. The van der Waals surface area contributed by atoms with E-state index < -0.39 is 0 Å². The molecule has 0 bridgehead atoms. The Labute approximate surface area is 105 Å². The van der Waals surface area contributed by atoms with E-state index in [0.717, 1.165) is 0 Å². The Kier molecular flexibility index (Phi) is 5.14. The standard InChI is InChI=1S/C11H18N2O3S/c1-4-13-10(15)5-9(11(13)16)17-6-8(12-3)7(2)14/h8-9,12H,4-6H2,1-3H3. The van der Waals surface area contributed by atoms with Crippen molar-refractivity contribution in [1.82, 2.24) is 10.2 Å². The Bertz CT molecular complexity index is 333. The first kappa shape index (κ1) is 14.2. The van der Waals surface area contributed by atoms with Gasteiger partial charge in [0, 0.05) is 18.7 Å². The molecule has 1 aliphatic heterocycles. The van der Waals surface area contributed by atoms with E-state index >= 15 is 0 Å². The molecule has 0 radical (unpaired) electrons. The molecule has 1 N–H and O–H groups in total. The van der Waals surface area contributed by atoms with E-state index in [-0.39, 0.29) is 35.3 Å². The summed E-state index contributed by atoms with van der Waals surface area (Å²) in [5.41, 5.74) is 0. The van der Waals surface area contributed by atoms with Crippen molar-refractivity contribution in [3.8, 4) is 0 Å². The van der Waals surface area contributed by atoms with Gasteiger partial charge in [-0.25, -0.2) is 0 Å². The Morgan fingerprint density at radius 2 is 2.24 bits per heavy atom. The third kappa shape index (κ3) is 3.29. The van der Waals surface area contributed by atoms with Crippen LogP contribution in [-0.2, 0) is 14.4 Å². The number of nitrogens with zero attached hydrogens (tertiary/aromatic N) is 1. The van der Waals surface area contributed by atoms with Gasteiger partial charge in [-0.05, 0) is 20.9 Å². The SMILES string of the molecule is CCN1C(=O)CC(SCC(NC)C(C)=O)C1=O. The van der Waals surface area contributed by atoms with Gasteiger partial charge in [-0.15, -0.1) is 11.8 Å². The van der Waals surface area contributed by atoms with Crippen molar-refractivity contribution in [3.05, 3.63) is 0 Å². The van der Waals surface area contributed by atoms with Crippen LogP contribution < -0.4 is 5.32 Å². The lowest BCUT2D eigenvalue weighted by Crippen LogP contribution is -2.36. The van der Waals surface area contributed by atoms with Gasteiger partial charge in [-0.3, -0.25) is 19.3 Å². The summed E-state index contributed by atoms with van der Waals surface area (Å²) >= 11 is 1.38. The molecule has 2 unspecified atom stereocenters. The van der Waals surface area contributed by atoms with E-state index in [1.165, 1.54) is 23.6 Å². The summed E-state index contributed by atoms with van der Waals surface area (Å²) in [6, 6.07) is -0.251. The number of thioether (sulfide) groups is 1. The summed E-state index contributed by atoms with van der Waals surface area (Å²) in [6.45, 7) is 3.73. The predicted octanol–water partition coefficient (Wildman–Crippen LogP) is 0.0440. The first-order valence-electron chi connectivity index (χ1n) is 5.64. The number of imide groups is 1. The number of nitrogens with one attached hydrogen (secondary N) is 1. The number of carbonyl (C=O) groups is 3. The van der Waals surface area contributed by atoms with Crippen LogP contribution in [0.2, 0.25) is 0 Å². The lowest BCUT2D eigenvalue weighted by Gasteiger charge is -2.15. The van der Waals surface area contributed by atoms with E-state index in [4.69, 9.17) is 0 Å². The largest absolute Gasteiger partial charge is 0.310 e. The first-order valence-corrected chi connectivity index (χ1v) is 6.69. The second kappa shape index (κ2) is 6.16. The Hall–Kier alpha value is -0.880. The zero-order chi connectivity index (χ0) is 13.0. The van der Waals surface area contributed by atoms with Crippen molar-refractivity contribution in [1.29, 1.82) is 0 Å². The zero-order valence-electron chi connectivity index (χ0n) is 10.4. The van der Waals surface area contributed by atoms with Crippen molar-refractivity contribution < 1.29 is 14.4 Å². The summed E-state index contributed by atoms with van der Waals surface area (Å²) in [4.78, 5) is 35.8. The number of ketones is 1. The van der Waals surface area contributed by atoms with Crippen LogP contribution in [0, 0.1) is 0 Å². The molecule has 0 aromatic carbocycles. The third-order valence-electron chi connectivity index (χ3n) is 2.82. The molecule has 6 heteroatoms. The molecule has 1 rings (SSSR count). The maximum atomic E-state index is 11.8. The topological polar surface area (TPSA) is 66.5 Å². The first-order chi connectivity index (χ1) is 8.01. The van der Waals surface area contributed by atoms with Gasteiger partial charge in [0.25, 0.3) is 0 Å². The molecular formula is C11H18N2O3S. The monoisotopic (exact) mass is 258 g/mol. The molecule has 1 aliphatic rings. The summed E-state index contributed by atoms with van der Waals surface area (Å²) in [5, 5.41) is 2.57. The Balaban J connectivity index is 2.51. The summed E-state index contributed by atoms with van der Waals surface area (Å²) in [5.74, 6) is 0.330. The van der Waals surface area contributed by atoms with Gasteiger partial charge in [0.1, 0.15) is 5.78 Å². The Morgan fingerprint density at radius 1 is 1.59 bits per heavy atom. The highest BCUT2D eigenvalue weighted by Crippen LogP contribution is 2.25. The van der Waals surface area contributed by atoms with Crippen molar-refractivity contribution in [2.45, 2.75) is 31.6 Å². The van der Waals surface area contributed by atoms with Crippen LogP contribution >= 0.6 is 11.8 Å². The molecule has 1 heterocycles. The lowest BCUT2D eigenvalue weighted by atomic mass is 10.2. The highest BCUT2D eigenvalue weighted by molar-refractivity contribution is 8.00. The van der Waals surface area contributed by atoms with Crippen LogP contribution in [0.15, 0.2) is 0 Å². The number of rotatable bonds is 6. The number of hydrogen-bond acceptors (Lipinski definition) is 5. The normalized spacial score (nSPS) is 22.1. The number of amides is 2. The number of carbonyl (C=O) groups excluding carboxylic acids is 3. The minimum Gasteiger partial charge on any atom is -0.310 e. The fourth-order valence-corrected chi connectivity index (χ4v) is 3.09. The van der Waals surface area contributed by atoms with Gasteiger partial charge < -0.3 is 5.32 Å². The van der Waals surface area contributed by atoms with Crippen LogP contribution in [0.4, 0.5) is 0 Å². The molecule has 17 heavy (non-hydrogen) atoms. The maximum Gasteiger partial charge on any atom is 0.242 e. The fourth-order valence-electron chi connectivity index (χ4n) is 1.73. The molecular weight excluding hydrogens is 240 g/mol. The molecule has 0 aliphatic carbocycles. The number of hydrogen-bond donors (Lipinski definition) is 1. The van der Waals surface area contributed by atoms with Gasteiger partial charge in [0.2, 0.25) is 11.8 Å². The van der Waals surface area contributed by atoms with E-state index in [1.807, 2.05) is 0 Å². The van der Waals surface area contributed by atoms with Gasteiger partial charge in [-0.1, -0.05) is 0 Å². The average molecular weight is 258 g/mol. The molecule has 1 saturated heterocycles. The third-order valence-corrected chi connectivity index (χ3v) is 4.12. The quantitative estimate of drug-likeness (QED) is 0.682. The van der Waals surface area contributed by atoms with Crippen molar-refractivity contribution in [2.24, 2.45) is 0 Å². The molecule has 2 atom stereocenters. The van der Waals surface area contributed by atoms with Gasteiger partial charge in [-0.2, -0.15) is 0 Å². The maximum absolute atomic E-state index is 11.8. The smallest absolute Gasteiger partial charge is 0.242 e. The molecule has 0 aromatic heterocycles. The molecule has 96 valence electrons. The summed E-state index contributed by atoms with van der Waals surface area (Å²) < 4.78 is 0.